The van der Waals surface area contributed by atoms with Crippen LogP contribution in [-0.2, 0) is 6.54 Å². The minimum absolute atomic E-state index is 0.149. The van der Waals surface area contributed by atoms with Crippen LogP contribution in [-0.4, -0.2) is 21.8 Å². The van der Waals surface area contributed by atoms with E-state index < -0.39 is 5.91 Å². The van der Waals surface area contributed by atoms with Crippen LogP contribution in [0.5, 0.6) is 0 Å². The number of hydrogen-bond acceptors (Lipinski definition) is 4. The molecule has 0 saturated carbocycles. The van der Waals surface area contributed by atoms with Gasteiger partial charge in [-0.15, -0.1) is 0 Å². The molecule has 3 rings (SSSR count). The van der Waals surface area contributed by atoms with E-state index in [9.17, 15) is 9.59 Å². The van der Waals surface area contributed by atoms with Crippen LogP contribution in [0.15, 0.2) is 41.1 Å². The first kappa shape index (κ1) is 12.9. The van der Waals surface area contributed by atoms with Gasteiger partial charge in [0.15, 0.2) is 0 Å². The highest BCUT2D eigenvalue weighted by Gasteiger charge is 2.11. The average molecular weight is 284 g/mol. The third-order valence-corrected chi connectivity index (χ3v) is 3.00. The van der Waals surface area contributed by atoms with Gasteiger partial charge in [0.2, 0.25) is 0 Å². The first-order valence-electron chi connectivity index (χ1n) is 6.23. The summed E-state index contributed by atoms with van der Waals surface area (Å²) in [4.78, 5) is 30.1. The smallest absolute Gasteiger partial charge is 0.270 e. The first-order chi connectivity index (χ1) is 10.1. The number of carbonyl (C=O) groups is 2. The Morgan fingerprint density at radius 3 is 2.95 bits per heavy atom. The largest absolute Gasteiger partial charge is 0.467 e. The highest BCUT2D eigenvalue weighted by molar-refractivity contribution is 5.94. The number of aromatic amines is 1. The van der Waals surface area contributed by atoms with E-state index in [1.807, 2.05) is 12.1 Å². The van der Waals surface area contributed by atoms with E-state index in [1.54, 1.807) is 12.3 Å². The molecule has 21 heavy (non-hydrogen) atoms. The fourth-order valence-electron chi connectivity index (χ4n) is 1.92. The molecule has 3 heterocycles. The maximum Gasteiger partial charge on any atom is 0.270 e. The van der Waals surface area contributed by atoms with Crippen molar-refractivity contribution < 1.29 is 14.0 Å². The number of rotatable bonds is 4. The van der Waals surface area contributed by atoms with Crippen molar-refractivity contribution in [1.29, 1.82) is 0 Å². The number of carbonyl (C=O) groups excluding carboxylic acids is 2. The minimum Gasteiger partial charge on any atom is -0.467 e. The summed E-state index contributed by atoms with van der Waals surface area (Å²) in [6.45, 7) is 0.149. The third kappa shape index (κ3) is 2.62. The number of nitrogens with one attached hydrogen (secondary N) is 2. The van der Waals surface area contributed by atoms with Gasteiger partial charge in [0.1, 0.15) is 23.4 Å². The molecule has 0 radical (unpaired) electrons. The zero-order chi connectivity index (χ0) is 14.8. The number of furan rings is 1. The SMILES string of the molecule is NC(=O)c1coc(CNC(=O)c2ccc3cc[nH]c3n2)c1. The molecule has 0 spiro atoms. The fraction of sp³-hybridized carbons (Fsp3) is 0.0714. The summed E-state index contributed by atoms with van der Waals surface area (Å²) < 4.78 is 5.13. The predicted octanol–water partition coefficient (Wildman–Crippen LogP) is 1.18. The summed E-state index contributed by atoms with van der Waals surface area (Å²) in [7, 11) is 0. The molecule has 2 amide bonds. The molecule has 0 aliphatic carbocycles. The zero-order valence-corrected chi connectivity index (χ0v) is 10.9. The van der Waals surface area contributed by atoms with Gasteiger partial charge in [-0.25, -0.2) is 4.98 Å². The molecule has 0 atom stereocenters. The van der Waals surface area contributed by atoms with Crippen LogP contribution in [0.1, 0.15) is 26.6 Å². The lowest BCUT2D eigenvalue weighted by atomic mass is 10.2. The number of nitrogens with zero attached hydrogens (tertiary/aromatic N) is 1. The van der Waals surface area contributed by atoms with E-state index in [4.69, 9.17) is 10.2 Å². The van der Waals surface area contributed by atoms with Crippen LogP contribution >= 0.6 is 0 Å². The van der Waals surface area contributed by atoms with Crippen molar-refractivity contribution >= 4 is 22.8 Å². The molecule has 0 fully saturated rings. The number of aromatic nitrogens is 2. The number of hydrogen-bond donors (Lipinski definition) is 3. The van der Waals surface area contributed by atoms with Gasteiger partial charge in [0.25, 0.3) is 11.8 Å². The Labute approximate surface area is 119 Å². The second-order valence-corrected chi connectivity index (χ2v) is 4.46. The maximum absolute atomic E-state index is 12.0. The summed E-state index contributed by atoms with van der Waals surface area (Å²) >= 11 is 0. The van der Waals surface area contributed by atoms with Crippen molar-refractivity contribution in [2.75, 3.05) is 0 Å². The summed E-state index contributed by atoms with van der Waals surface area (Å²) in [6.07, 6.45) is 3.01. The Morgan fingerprint density at radius 2 is 2.19 bits per heavy atom. The van der Waals surface area contributed by atoms with Crippen molar-refractivity contribution in [3.8, 4) is 0 Å². The van der Waals surface area contributed by atoms with Crippen molar-refractivity contribution in [3.05, 3.63) is 53.7 Å². The highest BCUT2D eigenvalue weighted by Crippen LogP contribution is 2.11. The molecular formula is C14H12N4O3. The van der Waals surface area contributed by atoms with E-state index in [1.165, 1.54) is 12.3 Å². The second-order valence-electron chi connectivity index (χ2n) is 4.46. The third-order valence-electron chi connectivity index (χ3n) is 3.00. The van der Waals surface area contributed by atoms with Gasteiger partial charge in [0, 0.05) is 11.6 Å². The lowest BCUT2D eigenvalue weighted by molar-refractivity contribution is 0.0942. The Hall–Kier alpha value is -3.09. The first-order valence-corrected chi connectivity index (χ1v) is 6.23. The summed E-state index contributed by atoms with van der Waals surface area (Å²) in [5.41, 5.74) is 6.33. The number of nitrogens with two attached hydrogens (primary N) is 1. The van der Waals surface area contributed by atoms with Crippen molar-refractivity contribution in [3.63, 3.8) is 0 Å². The van der Waals surface area contributed by atoms with E-state index in [2.05, 4.69) is 15.3 Å². The summed E-state index contributed by atoms with van der Waals surface area (Å²) in [5, 5.41) is 3.60. The molecule has 3 aromatic heterocycles. The lowest BCUT2D eigenvalue weighted by Gasteiger charge is -2.02. The Bertz CT molecular complexity index is 818. The number of amides is 2. The number of primary amides is 1. The van der Waals surface area contributed by atoms with Crippen LogP contribution in [0.3, 0.4) is 0 Å². The molecule has 0 bridgehead atoms. The fourth-order valence-corrected chi connectivity index (χ4v) is 1.92. The Balaban J connectivity index is 1.69. The van der Waals surface area contributed by atoms with E-state index >= 15 is 0 Å². The Kier molecular flexibility index (Phi) is 3.15. The van der Waals surface area contributed by atoms with Gasteiger partial charge >= 0.3 is 0 Å². The van der Waals surface area contributed by atoms with Crippen molar-refractivity contribution in [2.24, 2.45) is 5.73 Å². The zero-order valence-electron chi connectivity index (χ0n) is 10.9. The van der Waals surface area contributed by atoms with Crippen LogP contribution < -0.4 is 11.1 Å². The topological polar surface area (TPSA) is 114 Å². The number of H-pyrrole nitrogens is 1. The lowest BCUT2D eigenvalue weighted by Crippen LogP contribution is -2.23. The molecule has 0 aromatic carbocycles. The summed E-state index contributed by atoms with van der Waals surface area (Å²) in [5.74, 6) is -0.461. The molecule has 0 aliphatic heterocycles. The highest BCUT2D eigenvalue weighted by atomic mass is 16.3. The van der Waals surface area contributed by atoms with E-state index in [0.717, 1.165) is 5.39 Å². The van der Waals surface area contributed by atoms with Crippen molar-refractivity contribution in [2.45, 2.75) is 6.54 Å². The summed E-state index contributed by atoms with van der Waals surface area (Å²) in [6, 6.07) is 6.82. The van der Waals surface area contributed by atoms with Gasteiger partial charge in [-0.3, -0.25) is 9.59 Å². The quantitative estimate of drug-likeness (QED) is 0.667. The van der Waals surface area contributed by atoms with Crippen LogP contribution in [0.2, 0.25) is 0 Å². The molecule has 7 nitrogen and oxygen atoms in total. The molecular weight excluding hydrogens is 272 g/mol. The number of fused-ring (bicyclic) bond motifs is 1. The van der Waals surface area contributed by atoms with Gasteiger partial charge in [-0.1, -0.05) is 0 Å². The molecule has 0 saturated heterocycles. The average Bonchev–Trinajstić information content (AvgIpc) is 3.12. The van der Waals surface area contributed by atoms with E-state index in [-0.39, 0.29) is 18.0 Å². The number of pyridine rings is 1. The standard InChI is InChI=1S/C14H12N4O3/c15-12(19)9-5-10(21-7-9)6-17-14(20)11-2-1-8-3-4-16-13(8)18-11/h1-5,7H,6H2,(H2,15,19)(H,16,18)(H,17,20). The molecule has 4 N–H and O–H groups in total. The molecule has 0 aliphatic rings. The predicted molar refractivity (Wildman–Crippen MR) is 74.5 cm³/mol. The van der Waals surface area contributed by atoms with E-state index in [0.29, 0.717) is 17.1 Å². The van der Waals surface area contributed by atoms with Gasteiger partial charge < -0.3 is 20.5 Å². The van der Waals surface area contributed by atoms with Crippen LogP contribution in [0.25, 0.3) is 11.0 Å². The Morgan fingerprint density at radius 1 is 1.33 bits per heavy atom. The van der Waals surface area contributed by atoms with Gasteiger partial charge in [0.05, 0.1) is 12.1 Å². The molecule has 0 unspecified atom stereocenters. The van der Waals surface area contributed by atoms with Crippen molar-refractivity contribution in [1.82, 2.24) is 15.3 Å². The normalized spacial score (nSPS) is 10.7. The second kappa shape index (κ2) is 5.12. The van der Waals surface area contributed by atoms with Crippen LogP contribution in [0.4, 0.5) is 0 Å². The minimum atomic E-state index is -0.574. The van der Waals surface area contributed by atoms with Crippen LogP contribution in [0, 0.1) is 0 Å². The van der Waals surface area contributed by atoms with Gasteiger partial charge in [-0.2, -0.15) is 0 Å². The maximum atomic E-state index is 12.0. The molecule has 3 aromatic rings. The molecule has 7 heteroatoms. The monoisotopic (exact) mass is 284 g/mol. The molecule has 106 valence electrons. The van der Waals surface area contributed by atoms with Gasteiger partial charge in [-0.05, 0) is 24.3 Å².